The van der Waals surface area contributed by atoms with Gasteiger partial charge < -0.3 is 5.73 Å². The lowest BCUT2D eigenvalue weighted by Gasteiger charge is -2.09. The van der Waals surface area contributed by atoms with Gasteiger partial charge >= 0.3 is 0 Å². The molecule has 0 heterocycles. The number of nitrogen functional groups attached to an aromatic ring is 1. The van der Waals surface area contributed by atoms with Gasteiger partial charge in [0.05, 0.1) is 0 Å². The summed E-state index contributed by atoms with van der Waals surface area (Å²) in [5.74, 6) is -0.552. The quantitative estimate of drug-likeness (QED) is 0.418. The molecule has 2 aromatic rings. The maximum absolute atomic E-state index is 11.5. The molecule has 0 unspecified atom stereocenters. The summed E-state index contributed by atoms with van der Waals surface area (Å²) in [5, 5.41) is 8.70. The van der Waals surface area contributed by atoms with E-state index in [4.69, 9.17) is 10.9 Å². The largest absolute Gasteiger partial charge is 0.399 e. The molecule has 4 heteroatoms. The van der Waals surface area contributed by atoms with Crippen LogP contribution in [0.4, 0.5) is 5.69 Å². The van der Waals surface area contributed by atoms with Crippen molar-refractivity contribution < 1.29 is 10.0 Å². The van der Waals surface area contributed by atoms with Crippen LogP contribution in [-0.2, 0) is 0 Å². The van der Waals surface area contributed by atoms with Gasteiger partial charge in [0.15, 0.2) is 0 Å². The van der Waals surface area contributed by atoms with Crippen LogP contribution in [0.1, 0.15) is 10.4 Å². The van der Waals surface area contributed by atoms with Crippen molar-refractivity contribution in [3.63, 3.8) is 0 Å². The van der Waals surface area contributed by atoms with E-state index >= 15 is 0 Å². The Hall–Kier alpha value is -2.33. The fourth-order valence-corrected chi connectivity index (χ4v) is 1.68. The minimum Gasteiger partial charge on any atom is -0.399 e. The summed E-state index contributed by atoms with van der Waals surface area (Å²) in [7, 11) is 0. The van der Waals surface area contributed by atoms with E-state index in [0.717, 1.165) is 5.56 Å². The maximum Gasteiger partial charge on any atom is 0.275 e. The van der Waals surface area contributed by atoms with Crippen LogP contribution in [0.15, 0.2) is 48.5 Å². The number of hydroxylamine groups is 1. The lowest BCUT2D eigenvalue weighted by atomic mass is 9.98. The molecule has 0 radical (unpaired) electrons. The summed E-state index contributed by atoms with van der Waals surface area (Å²) in [6.07, 6.45) is 0. The predicted octanol–water partition coefficient (Wildman–Crippen LogP) is 2.05. The third-order valence-corrected chi connectivity index (χ3v) is 2.47. The van der Waals surface area contributed by atoms with E-state index in [2.05, 4.69) is 0 Å². The minimum absolute atomic E-state index is 0.382. The van der Waals surface area contributed by atoms with Gasteiger partial charge in [0.1, 0.15) is 0 Å². The highest BCUT2D eigenvalue weighted by molar-refractivity contribution is 6.00. The van der Waals surface area contributed by atoms with Crippen LogP contribution in [0.25, 0.3) is 11.1 Å². The van der Waals surface area contributed by atoms with Gasteiger partial charge in [0.2, 0.25) is 0 Å². The fraction of sp³-hybridized carbons (Fsp3) is 0. The van der Waals surface area contributed by atoms with E-state index in [-0.39, 0.29) is 0 Å². The first-order valence-corrected chi connectivity index (χ1v) is 5.12. The molecule has 2 aromatic carbocycles. The zero-order valence-corrected chi connectivity index (χ0v) is 9.05. The van der Waals surface area contributed by atoms with E-state index in [1.54, 1.807) is 23.7 Å². The molecule has 0 atom stereocenters. The molecule has 2 rings (SSSR count). The molecular weight excluding hydrogens is 216 g/mol. The van der Waals surface area contributed by atoms with Crippen LogP contribution in [0.3, 0.4) is 0 Å². The highest BCUT2D eigenvalue weighted by atomic mass is 16.5. The van der Waals surface area contributed by atoms with Crippen molar-refractivity contribution in [3.05, 3.63) is 54.1 Å². The number of carbonyl (C=O) groups excluding carboxylic acids is 1. The highest BCUT2D eigenvalue weighted by Crippen LogP contribution is 2.25. The van der Waals surface area contributed by atoms with E-state index in [1.165, 1.54) is 0 Å². The number of anilines is 1. The number of amides is 1. The van der Waals surface area contributed by atoms with Crippen LogP contribution >= 0.6 is 0 Å². The second-order valence-electron chi connectivity index (χ2n) is 3.61. The van der Waals surface area contributed by atoms with Crippen LogP contribution in [-0.4, -0.2) is 11.1 Å². The molecule has 0 aliphatic rings. The molecule has 0 spiro atoms. The third-order valence-electron chi connectivity index (χ3n) is 2.47. The number of nitrogens with one attached hydrogen (secondary N) is 1. The first-order valence-electron chi connectivity index (χ1n) is 5.12. The zero-order valence-electron chi connectivity index (χ0n) is 9.05. The summed E-state index contributed by atoms with van der Waals surface area (Å²) in [5.41, 5.74) is 9.86. The second-order valence-corrected chi connectivity index (χ2v) is 3.61. The van der Waals surface area contributed by atoms with Crippen molar-refractivity contribution in [1.82, 2.24) is 5.48 Å². The number of hydrogen-bond acceptors (Lipinski definition) is 3. The van der Waals surface area contributed by atoms with Crippen LogP contribution in [0.2, 0.25) is 0 Å². The van der Waals surface area contributed by atoms with Gasteiger partial charge in [-0.1, -0.05) is 30.3 Å². The molecule has 0 bridgehead atoms. The molecule has 4 nitrogen and oxygen atoms in total. The average Bonchev–Trinajstić information content (AvgIpc) is 2.39. The lowest BCUT2D eigenvalue weighted by Crippen LogP contribution is -2.19. The standard InChI is InChI=1S/C13H12N2O2/c14-10-6-7-11(13(16)15-17)12(8-10)9-4-2-1-3-5-9/h1-8,17H,14H2,(H,15,16). The normalized spacial score (nSPS) is 9.94. The van der Waals surface area contributed by atoms with Gasteiger partial charge in [-0.25, -0.2) is 5.48 Å². The number of rotatable bonds is 2. The summed E-state index contributed by atoms with van der Waals surface area (Å²) in [6.45, 7) is 0. The van der Waals surface area contributed by atoms with Gasteiger partial charge in [-0.05, 0) is 29.3 Å². The van der Waals surface area contributed by atoms with Crippen molar-refractivity contribution in [2.24, 2.45) is 0 Å². The van der Waals surface area contributed by atoms with E-state index in [9.17, 15) is 4.79 Å². The summed E-state index contributed by atoms with van der Waals surface area (Å²) in [6, 6.07) is 14.3. The Morgan fingerprint density at radius 1 is 1.12 bits per heavy atom. The van der Waals surface area contributed by atoms with Gasteiger partial charge in [-0.2, -0.15) is 0 Å². The molecule has 0 aliphatic heterocycles. The number of nitrogens with two attached hydrogens (primary N) is 1. The second kappa shape index (κ2) is 4.67. The van der Waals surface area contributed by atoms with Gasteiger partial charge in [-0.3, -0.25) is 10.0 Å². The van der Waals surface area contributed by atoms with Gasteiger partial charge in [-0.15, -0.1) is 0 Å². The Kier molecular flexibility index (Phi) is 3.07. The number of hydrogen-bond donors (Lipinski definition) is 3. The maximum atomic E-state index is 11.5. The van der Waals surface area contributed by atoms with Crippen LogP contribution < -0.4 is 11.2 Å². The predicted molar refractivity (Wildman–Crippen MR) is 65.5 cm³/mol. The topological polar surface area (TPSA) is 75.4 Å². The monoisotopic (exact) mass is 228 g/mol. The molecule has 1 amide bonds. The molecule has 0 aromatic heterocycles. The Morgan fingerprint density at radius 3 is 2.47 bits per heavy atom. The molecule has 17 heavy (non-hydrogen) atoms. The van der Waals surface area contributed by atoms with Crippen LogP contribution in [0, 0.1) is 0 Å². The van der Waals surface area contributed by atoms with Crippen LogP contribution in [0.5, 0.6) is 0 Å². The molecule has 0 saturated heterocycles. The van der Waals surface area contributed by atoms with E-state index < -0.39 is 5.91 Å². The third kappa shape index (κ3) is 2.26. The zero-order chi connectivity index (χ0) is 12.3. The number of benzene rings is 2. The SMILES string of the molecule is Nc1ccc(C(=O)NO)c(-c2ccccc2)c1. The summed E-state index contributed by atoms with van der Waals surface area (Å²) < 4.78 is 0. The van der Waals surface area contributed by atoms with Crippen molar-refractivity contribution in [1.29, 1.82) is 0 Å². The van der Waals surface area contributed by atoms with Gasteiger partial charge in [0.25, 0.3) is 5.91 Å². The Balaban J connectivity index is 2.59. The van der Waals surface area contributed by atoms with E-state index in [0.29, 0.717) is 16.8 Å². The minimum atomic E-state index is -0.552. The number of carbonyl (C=O) groups is 1. The lowest BCUT2D eigenvalue weighted by molar-refractivity contribution is 0.0707. The van der Waals surface area contributed by atoms with Crippen molar-refractivity contribution >= 4 is 11.6 Å². The molecule has 4 N–H and O–H groups in total. The Bertz CT molecular complexity index is 538. The molecule has 86 valence electrons. The molecular formula is C13H12N2O2. The molecule has 0 aliphatic carbocycles. The molecule has 0 saturated carbocycles. The van der Waals surface area contributed by atoms with Gasteiger partial charge in [0, 0.05) is 11.3 Å². The van der Waals surface area contributed by atoms with E-state index in [1.807, 2.05) is 30.3 Å². The smallest absolute Gasteiger partial charge is 0.275 e. The summed E-state index contributed by atoms with van der Waals surface area (Å²) >= 11 is 0. The van der Waals surface area contributed by atoms with Crippen molar-refractivity contribution in [3.8, 4) is 11.1 Å². The first-order chi connectivity index (χ1) is 8.22. The Morgan fingerprint density at radius 2 is 1.82 bits per heavy atom. The fourth-order valence-electron chi connectivity index (χ4n) is 1.68. The van der Waals surface area contributed by atoms with Crippen molar-refractivity contribution in [2.45, 2.75) is 0 Å². The Labute approximate surface area is 98.7 Å². The highest BCUT2D eigenvalue weighted by Gasteiger charge is 2.12. The van der Waals surface area contributed by atoms with Crippen molar-refractivity contribution in [2.75, 3.05) is 5.73 Å². The molecule has 0 fully saturated rings. The first kappa shape index (κ1) is 11.2. The summed E-state index contributed by atoms with van der Waals surface area (Å²) in [4.78, 5) is 11.5. The average molecular weight is 228 g/mol.